The van der Waals surface area contributed by atoms with E-state index in [-0.39, 0.29) is 10.8 Å². The zero-order chi connectivity index (χ0) is 15.3. The van der Waals surface area contributed by atoms with E-state index in [2.05, 4.69) is 9.62 Å². The summed E-state index contributed by atoms with van der Waals surface area (Å²) in [5.74, 6) is 0.0772. The Labute approximate surface area is 126 Å². The van der Waals surface area contributed by atoms with E-state index in [4.69, 9.17) is 0 Å². The summed E-state index contributed by atoms with van der Waals surface area (Å²) in [5.41, 5.74) is 0.969. The first-order chi connectivity index (χ1) is 10.1. The number of aldehydes is 1. The van der Waals surface area contributed by atoms with Crippen molar-refractivity contribution in [2.24, 2.45) is 5.92 Å². The Morgan fingerprint density at radius 3 is 2.67 bits per heavy atom. The maximum absolute atomic E-state index is 12.0. The summed E-state index contributed by atoms with van der Waals surface area (Å²) in [6.07, 6.45) is 3.70. The van der Waals surface area contributed by atoms with Crippen LogP contribution >= 0.6 is 0 Å². The molecule has 6 heteroatoms. The van der Waals surface area contributed by atoms with Gasteiger partial charge in [0.05, 0.1) is 4.90 Å². The fourth-order valence-corrected chi connectivity index (χ4v) is 3.65. The molecule has 0 amide bonds. The first kappa shape index (κ1) is 16.0. The van der Waals surface area contributed by atoms with Gasteiger partial charge in [0.15, 0.2) is 0 Å². The highest BCUT2D eigenvalue weighted by Gasteiger charge is 2.20. The fraction of sp³-hybridized carbons (Fsp3) is 0.533. The Balaban J connectivity index is 2.10. The monoisotopic (exact) mass is 310 g/mol. The number of piperidine rings is 1. The molecule has 0 aromatic heterocycles. The molecule has 21 heavy (non-hydrogen) atoms. The van der Waals surface area contributed by atoms with Crippen molar-refractivity contribution in [3.05, 3.63) is 24.3 Å². The van der Waals surface area contributed by atoms with E-state index in [9.17, 15) is 13.2 Å². The molecule has 116 valence electrons. The van der Waals surface area contributed by atoms with Crippen LogP contribution in [0.4, 0.5) is 5.69 Å². The van der Waals surface area contributed by atoms with E-state index in [1.54, 1.807) is 12.1 Å². The molecule has 1 N–H and O–H groups in total. The van der Waals surface area contributed by atoms with Crippen molar-refractivity contribution < 1.29 is 13.2 Å². The van der Waals surface area contributed by atoms with Crippen LogP contribution in [-0.2, 0) is 14.8 Å². The van der Waals surface area contributed by atoms with Crippen molar-refractivity contribution >= 4 is 22.0 Å². The van der Waals surface area contributed by atoms with E-state index < -0.39 is 10.0 Å². The molecule has 0 spiro atoms. The number of carbonyl (C=O) groups is 1. The third-order valence-electron chi connectivity index (χ3n) is 3.70. The molecule has 0 radical (unpaired) electrons. The first-order valence-corrected chi connectivity index (χ1v) is 8.85. The van der Waals surface area contributed by atoms with Gasteiger partial charge in [0.2, 0.25) is 10.0 Å². The normalized spacial score (nSPS) is 19.5. The second-order valence-corrected chi connectivity index (χ2v) is 7.14. The molecule has 1 fully saturated rings. The Kier molecular flexibility index (Phi) is 5.36. The summed E-state index contributed by atoms with van der Waals surface area (Å²) in [6.45, 7) is 3.98. The number of sulfonamides is 1. The largest absolute Gasteiger partial charge is 0.371 e. The molecular weight excluding hydrogens is 288 g/mol. The number of anilines is 1. The Morgan fingerprint density at radius 2 is 2.05 bits per heavy atom. The van der Waals surface area contributed by atoms with Crippen LogP contribution in [0.1, 0.15) is 26.2 Å². The van der Waals surface area contributed by atoms with Gasteiger partial charge in [0.1, 0.15) is 6.29 Å². The molecule has 1 aliphatic rings. The molecule has 1 aliphatic heterocycles. The minimum Gasteiger partial charge on any atom is -0.371 e. The number of nitrogens with one attached hydrogen (secondary N) is 1. The predicted octanol–water partition coefficient (Wildman–Crippen LogP) is 1.79. The fourth-order valence-electron chi connectivity index (χ4n) is 2.51. The Morgan fingerprint density at radius 1 is 1.33 bits per heavy atom. The van der Waals surface area contributed by atoms with E-state index >= 15 is 0 Å². The van der Waals surface area contributed by atoms with E-state index in [1.807, 2.05) is 19.1 Å². The molecule has 0 aliphatic carbocycles. The number of hydrogen-bond acceptors (Lipinski definition) is 4. The maximum atomic E-state index is 12.0. The smallest absolute Gasteiger partial charge is 0.240 e. The third kappa shape index (κ3) is 4.04. The number of nitrogens with zero attached hydrogens (tertiary/aromatic N) is 1. The molecule has 1 heterocycles. The summed E-state index contributed by atoms with van der Waals surface area (Å²) < 4.78 is 26.6. The van der Waals surface area contributed by atoms with Crippen LogP contribution in [0.2, 0.25) is 0 Å². The average Bonchev–Trinajstić information content (AvgIpc) is 2.53. The van der Waals surface area contributed by atoms with Crippen molar-refractivity contribution in [2.75, 3.05) is 24.5 Å². The predicted molar refractivity (Wildman–Crippen MR) is 82.9 cm³/mol. The van der Waals surface area contributed by atoms with Crippen LogP contribution in [0, 0.1) is 5.92 Å². The molecule has 1 unspecified atom stereocenters. The number of benzene rings is 1. The lowest BCUT2D eigenvalue weighted by Gasteiger charge is -2.32. The lowest BCUT2D eigenvalue weighted by atomic mass is 9.99. The maximum Gasteiger partial charge on any atom is 0.240 e. The summed E-state index contributed by atoms with van der Waals surface area (Å²) in [7, 11) is -3.41. The SMILES string of the molecule is CCCNS(=O)(=O)c1ccc(N2CCCC(C=O)C2)cc1. The van der Waals surface area contributed by atoms with Gasteiger partial charge < -0.3 is 9.69 Å². The molecule has 2 rings (SSSR count). The zero-order valence-corrected chi connectivity index (χ0v) is 13.1. The van der Waals surface area contributed by atoms with Crippen LogP contribution in [0.25, 0.3) is 0 Å². The van der Waals surface area contributed by atoms with Crippen LogP contribution in [-0.4, -0.2) is 34.3 Å². The van der Waals surface area contributed by atoms with Gasteiger partial charge in [-0.1, -0.05) is 6.92 Å². The third-order valence-corrected chi connectivity index (χ3v) is 5.18. The highest BCUT2D eigenvalue weighted by molar-refractivity contribution is 7.89. The lowest BCUT2D eigenvalue weighted by molar-refractivity contribution is -0.111. The molecular formula is C15H22N2O3S. The van der Waals surface area contributed by atoms with E-state index in [0.29, 0.717) is 13.1 Å². The number of hydrogen-bond donors (Lipinski definition) is 1. The lowest BCUT2D eigenvalue weighted by Crippen LogP contribution is -2.36. The van der Waals surface area contributed by atoms with Gasteiger partial charge in [0, 0.05) is 31.2 Å². The van der Waals surface area contributed by atoms with Gasteiger partial charge in [-0.15, -0.1) is 0 Å². The van der Waals surface area contributed by atoms with Gasteiger partial charge in [-0.05, 0) is 43.5 Å². The van der Waals surface area contributed by atoms with Crippen molar-refractivity contribution in [3.63, 3.8) is 0 Å². The van der Waals surface area contributed by atoms with Gasteiger partial charge in [-0.3, -0.25) is 0 Å². The number of rotatable bonds is 6. The van der Waals surface area contributed by atoms with Crippen molar-refractivity contribution in [1.82, 2.24) is 4.72 Å². The topological polar surface area (TPSA) is 66.5 Å². The minimum atomic E-state index is -3.41. The number of carbonyl (C=O) groups excluding carboxylic acids is 1. The Bertz CT molecular complexity index is 569. The summed E-state index contributed by atoms with van der Waals surface area (Å²) in [6, 6.07) is 6.87. The van der Waals surface area contributed by atoms with Crippen molar-refractivity contribution in [3.8, 4) is 0 Å². The quantitative estimate of drug-likeness (QED) is 0.814. The summed E-state index contributed by atoms with van der Waals surface area (Å²) >= 11 is 0. The van der Waals surface area contributed by atoms with Gasteiger partial charge >= 0.3 is 0 Å². The highest BCUT2D eigenvalue weighted by atomic mass is 32.2. The molecule has 1 aromatic carbocycles. The summed E-state index contributed by atoms with van der Waals surface area (Å²) in [4.78, 5) is 13.3. The average molecular weight is 310 g/mol. The van der Waals surface area contributed by atoms with Gasteiger partial charge in [-0.2, -0.15) is 0 Å². The molecule has 1 aromatic rings. The first-order valence-electron chi connectivity index (χ1n) is 7.37. The second kappa shape index (κ2) is 7.04. The molecule has 0 bridgehead atoms. The van der Waals surface area contributed by atoms with Gasteiger partial charge in [-0.25, -0.2) is 13.1 Å². The van der Waals surface area contributed by atoms with Crippen molar-refractivity contribution in [1.29, 1.82) is 0 Å². The summed E-state index contributed by atoms with van der Waals surface area (Å²) in [5, 5.41) is 0. The highest BCUT2D eigenvalue weighted by Crippen LogP contribution is 2.23. The van der Waals surface area contributed by atoms with E-state index in [0.717, 1.165) is 37.8 Å². The van der Waals surface area contributed by atoms with Crippen LogP contribution in [0.3, 0.4) is 0 Å². The van der Waals surface area contributed by atoms with Gasteiger partial charge in [0.25, 0.3) is 0 Å². The molecule has 5 nitrogen and oxygen atoms in total. The van der Waals surface area contributed by atoms with Crippen LogP contribution < -0.4 is 9.62 Å². The molecule has 0 saturated carbocycles. The zero-order valence-electron chi connectivity index (χ0n) is 12.3. The van der Waals surface area contributed by atoms with Crippen LogP contribution in [0.15, 0.2) is 29.2 Å². The van der Waals surface area contributed by atoms with Crippen molar-refractivity contribution in [2.45, 2.75) is 31.1 Å². The van der Waals surface area contributed by atoms with Crippen LogP contribution in [0.5, 0.6) is 0 Å². The van der Waals surface area contributed by atoms with E-state index in [1.165, 1.54) is 0 Å². The standard InChI is InChI=1S/C15H22N2O3S/c1-2-9-16-21(19,20)15-7-5-14(6-8-15)17-10-3-4-13(11-17)12-18/h5-8,12-13,16H,2-4,9-11H2,1H3. The second-order valence-electron chi connectivity index (χ2n) is 5.38. The molecule has 1 saturated heterocycles. The molecule has 1 atom stereocenters. The Hall–Kier alpha value is -1.40. The minimum absolute atomic E-state index is 0.0772.